The molecule has 0 radical (unpaired) electrons. The third-order valence-corrected chi connectivity index (χ3v) is 5.24. The van der Waals surface area contributed by atoms with Gasteiger partial charge in [0.25, 0.3) is 11.8 Å². The lowest BCUT2D eigenvalue weighted by molar-refractivity contribution is 0.0691. The van der Waals surface area contributed by atoms with Gasteiger partial charge in [0.15, 0.2) is 28.6 Å². The summed E-state index contributed by atoms with van der Waals surface area (Å²) < 4.78 is 5.68. The maximum absolute atomic E-state index is 11.9. The minimum absolute atomic E-state index is 0.0254. The lowest BCUT2D eigenvalue weighted by Crippen LogP contribution is -2.13. The molecule has 3 N–H and O–H groups in total. The van der Waals surface area contributed by atoms with E-state index in [-0.39, 0.29) is 41.1 Å². The number of thiophene rings is 1. The molecule has 0 aliphatic rings. The van der Waals surface area contributed by atoms with Crippen molar-refractivity contribution in [3.8, 4) is 22.9 Å². The van der Waals surface area contributed by atoms with Crippen LogP contribution >= 0.6 is 11.3 Å². The van der Waals surface area contributed by atoms with E-state index in [1.54, 1.807) is 41.8 Å². The van der Waals surface area contributed by atoms with Crippen LogP contribution in [0.5, 0.6) is 0 Å². The zero-order valence-electron chi connectivity index (χ0n) is 16.1. The van der Waals surface area contributed by atoms with Crippen molar-refractivity contribution in [3.05, 3.63) is 63.6 Å². The average molecular weight is 437 g/mol. The molecule has 4 aromatic rings. The third-order valence-electron chi connectivity index (χ3n) is 4.31. The van der Waals surface area contributed by atoms with Crippen molar-refractivity contribution in [1.29, 1.82) is 0 Å². The van der Waals surface area contributed by atoms with Crippen LogP contribution in [0.3, 0.4) is 0 Å². The highest BCUT2D eigenvalue weighted by molar-refractivity contribution is 7.10. The highest BCUT2D eigenvalue weighted by Crippen LogP contribution is 2.30. The van der Waals surface area contributed by atoms with E-state index < -0.39 is 11.9 Å². The van der Waals surface area contributed by atoms with Gasteiger partial charge >= 0.3 is 5.97 Å². The van der Waals surface area contributed by atoms with E-state index in [0.717, 1.165) is 4.88 Å². The van der Waals surface area contributed by atoms with Crippen LogP contribution in [-0.2, 0) is 6.54 Å². The van der Waals surface area contributed by atoms with Gasteiger partial charge in [-0.25, -0.2) is 4.79 Å². The Bertz CT molecular complexity index is 1300. The number of aromatic carboxylic acids is 1. The van der Waals surface area contributed by atoms with Crippen LogP contribution < -0.4 is 5.73 Å². The van der Waals surface area contributed by atoms with Gasteiger partial charge in [-0.15, -0.1) is 21.5 Å². The number of Topliss-reactive ketones (excluding diaryl/α,β-unsaturated/α-hetero) is 1. The molecule has 31 heavy (non-hydrogen) atoms. The highest BCUT2D eigenvalue weighted by atomic mass is 32.1. The molecule has 0 unspecified atom stereocenters. The zero-order chi connectivity index (χ0) is 22.1. The lowest BCUT2D eigenvalue weighted by atomic mass is 10.1. The number of ketones is 1. The largest absolute Gasteiger partial charge is 0.476 e. The minimum Gasteiger partial charge on any atom is -0.476 e. The second-order valence-corrected chi connectivity index (χ2v) is 7.51. The average Bonchev–Trinajstić information content (AvgIpc) is 3.46. The van der Waals surface area contributed by atoms with E-state index in [1.165, 1.54) is 23.1 Å². The number of aromatic nitrogens is 4. The van der Waals surface area contributed by atoms with Crippen LogP contribution in [0.25, 0.3) is 22.9 Å². The van der Waals surface area contributed by atoms with Crippen LogP contribution in [0, 0.1) is 0 Å². The van der Waals surface area contributed by atoms with Crippen molar-refractivity contribution < 1.29 is 23.9 Å². The summed E-state index contributed by atoms with van der Waals surface area (Å²) in [7, 11) is 0. The van der Waals surface area contributed by atoms with E-state index in [0.29, 0.717) is 11.1 Å². The highest BCUT2D eigenvalue weighted by Gasteiger charge is 2.27. The summed E-state index contributed by atoms with van der Waals surface area (Å²) in [6.07, 6.45) is 0. The maximum atomic E-state index is 11.9. The molecule has 3 heterocycles. The van der Waals surface area contributed by atoms with Gasteiger partial charge in [-0.05, 0) is 13.0 Å². The molecule has 0 aliphatic heterocycles. The molecule has 0 atom stereocenters. The second kappa shape index (κ2) is 7.95. The molecule has 0 spiro atoms. The summed E-state index contributed by atoms with van der Waals surface area (Å²) in [5.74, 6) is -2.39. The summed E-state index contributed by atoms with van der Waals surface area (Å²) in [5, 5.41) is 19.6. The maximum Gasteiger partial charge on any atom is 0.358 e. The van der Waals surface area contributed by atoms with Gasteiger partial charge in [0.1, 0.15) is 0 Å². The van der Waals surface area contributed by atoms with Crippen molar-refractivity contribution in [2.24, 2.45) is 5.73 Å². The molecule has 10 nitrogen and oxygen atoms in total. The van der Waals surface area contributed by atoms with E-state index in [2.05, 4.69) is 15.2 Å². The molecule has 0 saturated heterocycles. The van der Waals surface area contributed by atoms with Gasteiger partial charge in [0.2, 0.25) is 0 Å². The molecule has 3 aromatic heterocycles. The van der Waals surface area contributed by atoms with Crippen LogP contribution in [0.2, 0.25) is 0 Å². The number of rotatable bonds is 7. The van der Waals surface area contributed by atoms with Gasteiger partial charge in [-0.3, -0.25) is 9.59 Å². The van der Waals surface area contributed by atoms with Crippen molar-refractivity contribution in [1.82, 2.24) is 20.0 Å². The molecule has 1 aromatic carbocycles. The number of amides is 1. The van der Waals surface area contributed by atoms with E-state index in [9.17, 15) is 19.5 Å². The zero-order valence-corrected chi connectivity index (χ0v) is 16.9. The number of benzene rings is 1. The number of carbonyl (C=O) groups is 3. The molecular weight excluding hydrogens is 422 g/mol. The first-order valence-corrected chi connectivity index (χ1v) is 9.84. The monoisotopic (exact) mass is 437 g/mol. The summed E-state index contributed by atoms with van der Waals surface area (Å²) in [6.45, 7) is 1.64. The lowest BCUT2D eigenvalue weighted by Gasteiger charge is -1.96. The van der Waals surface area contributed by atoms with Gasteiger partial charge in [-0.2, -0.15) is 9.78 Å². The normalized spacial score (nSPS) is 10.9. The Morgan fingerprint density at radius 3 is 2.52 bits per heavy atom. The molecule has 0 bridgehead atoms. The molecule has 156 valence electrons. The number of nitrogens with zero attached hydrogens (tertiary/aromatic N) is 4. The van der Waals surface area contributed by atoms with Crippen molar-refractivity contribution in [2.45, 2.75) is 13.5 Å². The minimum atomic E-state index is -1.29. The number of carboxylic acids is 1. The molecule has 4 rings (SSSR count). The standard InChI is InChI=1S/C20H15N5O5S/c1-10(26)12-7-13(31-9-12)8-25-23-14(18(21)27)15(24-25)19-22-16(20(28)29)17(30-19)11-5-3-2-4-6-11/h2-7,9H,8H2,1H3,(H2,21,27)(H,28,29). The number of carboxylic acid groups (broad SMARTS) is 1. The molecule has 1 amide bonds. The number of nitrogens with two attached hydrogens (primary N) is 1. The number of oxazole rings is 1. The van der Waals surface area contributed by atoms with Gasteiger partial charge in [0, 0.05) is 21.4 Å². The first kappa shape index (κ1) is 20.2. The Morgan fingerprint density at radius 2 is 1.90 bits per heavy atom. The van der Waals surface area contributed by atoms with Gasteiger partial charge in [0.05, 0.1) is 6.54 Å². The molecular formula is C20H15N5O5S. The second-order valence-electron chi connectivity index (χ2n) is 6.52. The third kappa shape index (κ3) is 3.98. The number of primary amides is 1. The van der Waals surface area contributed by atoms with Crippen molar-refractivity contribution >= 4 is 29.0 Å². The van der Waals surface area contributed by atoms with E-state index in [4.69, 9.17) is 10.2 Å². The predicted octanol–water partition coefficient (Wildman–Crippen LogP) is 2.71. The first-order chi connectivity index (χ1) is 14.8. The number of hydrogen-bond acceptors (Lipinski definition) is 8. The fraction of sp³-hybridized carbons (Fsp3) is 0.100. The van der Waals surface area contributed by atoms with Gasteiger partial charge < -0.3 is 15.3 Å². The Labute approximate surface area is 178 Å². The Hall–Kier alpha value is -4.12. The van der Waals surface area contributed by atoms with Gasteiger partial charge in [-0.1, -0.05) is 30.3 Å². The molecule has 11 heteroatoms. The summed E-state index contributed by atoms with van der Waals surface area (Å²) in [4.78, 5) is 41.1. The van der Waals surface area contributed by atoms with E-state index >= 15 is 0 Å². The van der Waals surface area contributed by atoms with Crippen LogP contribution in [0.1, 0.15) is 43.1 Å². The van der Waals surface area contributed by atoms with Crippen LogP contribution in [-0.4, -0.2) is 42.7 Å². The Kier molecular flexibility index (Phi) is 5.17. The predicted molar refractivity (Wildman–Crippen MR) is 110 cm³/mol. The Balaban J connectivity index is 1.76. The fourth-order valence-electron chi connectivity index (χ4n) is 2.87. The van der Waals surface area contributed by atoms with E-state index in [1.807, 2.05) is 0 Å². The Morgan fingerprint density at radius 1 is 1.16 bits per heavy atom. The molecule has 0 fully saturated rings. The summed E-state index contributed by atoms with van der Waals surface area (Å²) in [6, 6.07) is 10.3. The quantitative estimate of drug-likeness (QED) is 0.418. The summed E-state index contributed by atoms with van der Waals surface area (Å²) in [5.41, 5.74) is 5.90. The smallest absolute Gasteiger partial charge is 0.358 e. The van der Waals surface area contributed by atoms with Crippen LogP contribution in [0.4, 0.5) is 0 Å². The summed E-state index contributed by atoms with van der Waals surface area (Å²) >= 11 is 1.35. The topological polar surface area (TPSA) is 154 Å². The van der Waals surface area contributed by atoms with Crippen molar-refractivity contribution in [3.63, 3.8) is 0 Å². The fourth-order valence-corrected chi connectivity index (χ4v) is 3.77. The first-order valence-electron chi connectivity index (χ1n) is 8.96. The molecule has 0 aliphatic carbocycles. The SMILES string of the molecule is CC(=O)c1csc(Cn2nc(C(N)=O)c(-c3nc(C(=O)O)c(-c4ccccc4)o3)n2)c1. The van der Waals surface area contributed by atoms with Crippen molar-refractivity contribution in [2.75, 3.05) is 0 Å². The number of carbonyl (C=O) groups excluding carboxylic acids is 2. The van der Waals surface area contributed by atoms with Crippen LogP contribution in [0.15, 0.2) is 46.2 Å². The molecule has 0 saturated carbocycles. The number of hydrogen-bond donors (Lipinski definition) is 2.